The predicted molar refractivity (Wildman–Crippen MR) is 145 cm³/mol. The van der Waals surface area contributed by atoms with E-state index in [0.29, 0.717) is 61.8 Å². The van der Waals surface area contributed by atoms with Gasteiger partial charge in [-0.25, -0.2) is 4.98 Å². The van der Waals surface area contributed by atoms with Crippen LogP contribution in [-0.2, 0) is 22.6 Å². The summed E-state index contributed by atoms with van der Waals surface area (Å²) in [5.74, 6) is 0.305. The average Bonchev–Trinajstić information content (AvgIpc) is 3.63. The van der Waals surface area contributed by atoms with Crippen molar-refractivity contribution in [3.05, 3.63) is 77.4 Å². The Kier molecular flexibility index (Phi) is 7.58. The summed E-state index contributed by atoms with van der Waals surface area (Å²) in [5.41, 5.74) is 2.14. The van der Waals surface area contributed by atoms with Gasteiger partial charge in [-0.2, -0.15) is 0 Å². The lowest BCUT2D eigenvalue weighted by atomic mass is 9.94. The molecular weight excluding hydrogens is 498 g/mol. The van der Waals surface area contributed by atoms with E-state index in [0.717, 1.165) is 11.3 Å². The van der Waals surface area contributed by atoms with Crippen molar-refractivity contribution in [2.75, 3.05) is 19.8 Å². The highest BCUT2D eigenvalue weighted by atomic mass is 16.5. The maximum atomic E-state index is 13.5. The second-order valence-corrected chi connectivity index (χ2v) is 9.67. The molecule has 3 aromatic rings. The number of Topliss-reactive ketones (excluding diaryl/α,β-unsaturated/α-hetero) is 1. The summed E-state index contributed by atoms with van der Waals surface area (Å²) in [6, 6.07) is 9.96. The van der Waals surface area contributed by atoms with Gasteiger partial charge in [0, 0.05) is 37.5 Å². The molecule has 9 nitrogen and oxygen atoms in total. The first kappa shape index (κ1) is 26.3. The number of carbonyl (C=O) groups is 2. The van der Waals surface area contributed by atoms with Crippen LogP contribution in [0.5, 0.6) is 17.2 Å². The second kappa shape index (κ2) is 11.2. The van der Waals surface area contributed by atoms with Gasteiger partial charge in [-0.05, 0) is 68.7 Å². The number of imidazole rings is 1. The first-order valence-corrected chi connectivity index (χ1v) is 13.3. The van der Waals surface area contributed by atoms with Crippen molar-refractivity contribution >= 4 is 17.4 Å². The number of aromatic nitrogens is 2. The van der Waals surface area contributed by atoms with Crippen LogP contribution in [0.1, 0.15) is 49.9 Å². The number of aliphatic hydroxyl groups is 1. The van der Waals surface area contributed by atoms with Crippen LogP contribution in [0.15, 0.2) is 60.7 Å². The van der Waals surface area contributed by atoms with E-state index in [2.05, 4.69) is 4.98 Å². The van der Waals surface area contributed by atoms with Crippen LogP contribution in [-0.4, -0.2) is 57.1 Å². The number of ether oxygens (including phenoxy) is 3. The zero-order valence-electron chi connectivity index (χ0n) is 22.4. The molecule has 2 atom stereocenters. The van der Waals surface area contributed by atoms with E-state index in [1.807, 2.05) is 43.7 Å². The smallest absolute Gasteiger partial charge is 0.295 e. The zero-order valence-corrected chi connectivity index (χ0v) is 22.4. The van der Waals surface area contributed by atoms with Crippen LogP contribution in [0, 0.1) is 0 Å². The number of carbonyl (C=O) groups excluding carboxylic acids is 2. The minimum atomic E-state index is -0.786. The van der Waals surface area contributed by atoms with Crippen molar-refractivity contribution in [3.63, 3.8) is 0 Å². The van der Waals surface area contributed by atoms with Crippen LogP contribution < -0.4 is 14.2 Å². The van der Waals surface area contributed by atoms with Gasteiger partial charge < -0.3 is 28.8 Å². The molecule has 0 spiro atoms. The highest BCUT2D eigenvalue weighted by molar-refractivity contribution is 6.46. The number of benzene rings is 2. The van der Waals surface area contributed by atoms with Crippen molar-refractivity contribution in [2.45, 2.75) is 52.3 Å². The van der Waals surface area contributed by atoms with Gasteiger partial charge in [0.2, 0.25) is 0 Å². The molecule has 1 amide bonds. The van der Waals surface area contributed by atoms with Gasteiger partial charge in [0.05, 0.1) is 31.2 Å². The summed E-state index contributed by atoms with van der Waals surface area (Å²) in [6.45, 7) is 7.58. The first-order chi connectivity index (χ1) is 18.9. The van der Waals surface area contributed by atoms with Crippen molar-refractivity contribution in [2.24, 2.45) is 0 Å². The quantitative estimate of drug-likeness (QED) is 0.233. The molecule has 0 radical (unpaired) electrons. The minimum Gasteiger partial charge on any atom is -0.507 e. The van der Waals surface area contributed by atoms with Crippen molar-refractivity contribution < 1.29 is 28.9 Å². The lowest BCUT2D eigenvalue weighted by Gasteiger charge is -2.26. The van der Waals surface area contributed by atoms with E-state index >= 15 is 0 Å². The third kappa shape index (κ3) is 5.21. The van der Waals surface area contributed by atoms with Gasteiger partial charge in [-0.15, -0.1) is 0 Å². The molecule has 1 saturated heterocycles. The van der Waals surface area contributed by atoms with Gasteiger partial charge in [0.25, 0.3) is 11.7 Å². The number of nitrogens with zero attached hydrogens (tertiary/aromatic N) is 3. The zero-order chi connectivity index (χ0) is 27.5. The topological polar surface area (TPSA) is 103 Å². The number of aliphatic hydroxyl groups excluding tert-OH is 1. The summed E-state index contributed by atoms with van der Waals surface area (Å²) in [4.78, 5) is 32.4. The SMILES string of the molecule is CCOc1ccc(C2/C(=C(\O)c3ccc4c(c3)CC(C)O4)C(=O)C(=O)N2CCCn2ccnc2)cc1OCC. The molecule has 1 N–H and O–H groups in total. The molecule has 39 heavy (non-hydrogen) atoms. The molecule has 1 aromatic heterocycles. The van der Waals surface area contributed by atoms with Gasteiger partial charge in [-0.3, -0.25) is 9.59 Å². The normalized spacial score (nSPS) is 19.7. The Morgan fingerprint density at radius 3 is 2.62 bits per heavy atom. The van der Waals surface area contributed by atoms with E-state index in [4.69, 9.17) is 14.2 Å². The van der Waals surface area contributed by atoms with Crippen LogP contribution in [0.4, 0.5) is 0 Å². The third-order valence-electron chi connectivity index (χ3n) is 6.97. The summed E-state index contributed by atoms with van der Waals surface area (Å²) in [5, 5.41) is 11.5. The number of amides is 1. The summed E-state index contributed by atoms with van der Waals surface area (Å²) in [6.07, 6.45) is 6.61. The highest BCUT2D eigenvalue weighted by Crippen LogP contribution is 2.43. The third-order valence-corrected chi connectivity index (χ3v) is 6.97. The summed E-state index contributed by atoms with van der Waals surface area (Å²) in [7, 11) is 0. The number of rotatable bonds is 10. The maximum absolute atomic E-state index is 13.5. The monoisotopic (exact) mass is 531 g/mol. The fourth-order valence-corrected chi connectivity index (χ4v) is 5.26. The molecule has 2 aliphatic heterocycles. The van der Waals surface area contributed by atoms with Crippen molar-refractivity contribution in [1.29, 1.82) is 0 Å². The number of ketones is 1. The van der Waals surface area contributed by atoms with Crippen molar-refractivity contribution in [3.8, 4) is 17.2 Å². The second-order valence-electron chi connectivity index (χ2n) is 9.67. The molecule has 0 aliphatic carbocycles. The molecule has 0 saturated carbocycles. The molecule has 2 unspecified atom stereocenters. The van der Waals surface area contributed by atoms with E-state index < -0.39 is 17.7 Å². The van der Waals surface area contributed by atoms with Crippen LogP contribution in [0.3, 0.4) is 0 Å². The number of fused-ring (bicyclic) bond motifs is 1. The Hall–Kier alpha value is -4.27. The molecule has 3 heterocycles. The summed E-state index contributed by atoms with van der Waals surface area (Å²) >= 11 is 0. The van der Waals surface area contributed by atoms with Gasteiger partial charge >= 0.3 is 0 Å². The van der Waals surface area contributed by atoms with E-state index in [9.17, 15) is 14.7 Å². The number of aryl methyl sites for hydroxylation is 1. The van der Waals surface area contributed by atoms with Crippen LogP contribution >= 0.6 is 0 Å². The largest absolute Gasteiger partial charge is 0.507 e. The van der Waals surface area contributed by atoms with Crippen molar-refractivity contribution in [1.82, 2.24) is 14.5 Å². The fraction of sp³-hybridized carbons (Fsp3) is 0.367. The van der Waals surface area contributed by atoms with Gasteiger partial charge in [-0.1, -0.05) is 6.07 Å². The number of hydrogen-bond acceptors (Lipinski definition) is 7. The highest BCUT2D eigenvalue weighted by Gasteiger charge is 2.46. The van der Waals surface area contributed by atoms with Gasteiger partial charge in [0.15, 0.2) is 11.5 Å². The Morgan fingerprint density at radius 1 is 1.08 bits per heavy atom. The molecular formula is C30H33N3O6. The standard InChI is InChI=1S/C30H33N3O6/c1-4-37-24-10-7-20(17-25(24)38-5-2)27-26(28(34)21-8-9-23-22(16-21)15-19(3)39-23)29(35)30(36)33(27)13-6-12-32-14-11-31-18-32/h7-11,14,16-19,27,34H,4-6,12-13,15H2,1-3H3/b28-26+. The lowest BCUT2D eigenvalue weighted by molar-refractivity contribution is -0.139. The minimum absolute atomic E-state index is 0.0410. The van der Waals surface area contributed by atoms with E-state index in [1.54, 1.807) is 36.8 Å². The molecule has 0 bridgehead atoms. The first-order valence-electron chi connectivity index (χ1n) is 13.3. The molecule has 5 rings (SSSR count). The summed E-state index contributed by atoms with van der Waals surface area (Å²) < 4.78 is 19.3. The van der Waals surface area contributed by atoms with Crippen LogP contribution in [0.25, 0.3) is 5.76 Å². The van der Waals surface area contributed by atoms with Crippen LogP contribution in [0.2, 0.25) is 0 Å². The van der Waals surface area contributed by atoms with Gasteiger partial charge in [0.1, 0.15) is 17.6 Å². The Balaban J connectivity index is 1.57. The van der Waals surface area contributed by atoms with E-state index in [1.165, 1.54) is 4.90 Å². The Bertz CT molecular complexity index is 1400. The molecule has 2 aliphatic rings. The molecule has 1 fully saturated rings. The van der Waals surface area contributed by atoms with E-state index in [-0.39, 0.29) is 17.4 Å². The Labute approximate surface area is 227 Å². The molecule has 2 aromatic carbocycles. The molecule has 204 valence electrons. The lowest BCUT2D eigenvalue weighted by Crippen LogP contribution is -2.31. The Morgan fingerprint density at radius 2 is 1.87 bits per heavy atom. The molecule has 9 heteroatoms. The average molecular weight is 532 g/mol. The maximum Gasteiger partial charge on any atom is 0.295 e. The fourth-order valence-electron chi connectivity index (χ4n) is 5.26. The predicted octanol–water partition coefficient (Wildman–Crippen LogP) is 4.52. The number of hydrogen-bond donors (Lipinski definition) is 1. The number of likely N-dealkylation sites (tertiary alicyclic amines) is 1.